The molecule has 0 saturated carbocycles. The van der Waals surface area contributed by atoms with Gasteiger partial charge in [0.1, 0.15) is 11.5 Å². The highest BCUT2D eigenvalue weighted by Crippen LogP contribution is 2.25. The summed E-state index contributed by atoms with van der Waals surface area (Å²) in [4.78, 5) is 12.4. The molecule has 1 amide bonds. The molecule has 5 nitrogen and oxygen atoms in total. The monoisotopic (exact) mass is 328 g/mol. The Bertz CT molecular complexity index is 686. The fraction of sp³-hybridized carbons (Fsp3) is 0.316. The van der Waals surface area contributed by atoms with Crippen molar-refractivity contribution in [2.24, 2.45) is 0 Å². The van der Waals surface area contributed by atoms with E-state index >= 15 is 0 Å². The number of anilines is 2. The van der Waals surface area contributed by atoms with Crippen molar-refractivity contribution >= 4 is 17.3 Å². The van der Waals surface area contributed by atoms with Crippen LogP contribution in [0.25, 0.3) is 0 Å². The van der Waals surface area contributed by atoms with Crippen molar-refractivity contribution in [1.82, 2.24) is 0 Å². The minimum Gasteiger partial charge on any atom is -0.494 e. The van der Waals surface area contributed by atoms with Gasteiger partial charge in [0.25, 0.3) is 5.91 Å². The van der Waals surface area contributed by atoms with Crippen LogP contribution in [0.2, 0.25) is 0 Å². The number of carbonyl (C=O) groups excluding carboxylic acids is 1. The molecular formula is C19H24N2O3. The largest absolute Gasteiger partial charge is 0.494 e. The van der Waals surface area contributed by atoms with E-state index in [9.17, 15) is 4.79 Å². The van der Waals surface area contributed by atoms with Crippen molar-refractivity contribution in [3.05, 3.63) is 48.0 Å². The molecule has 5 heteroatoms. The van der Waals surface area contributed by atoms with Crippen LogP contribution in [0, 0.1) is 0 Å². The van der Waals surface area contributed by atoms with Gasteiger partial charge in [0.05, 0.1) is 24.6 Å². The first-order valence-electron chi connectivity index (χ1n) is 8.20. The van der Waals surface area contributed by atoms with Crippen molar-refractivity contribution in [3.8, 4) is 11.5 Å². The van der Waals surface area contributed by atoms with E-state index in [1.54, 1.807) is 36.4 Å². The molecule has 0 spiro atoms. The molecular weight excluding hydrogens is 304 g/mol. The highest BCUT2D eigenvalue weighted by molar-refractivity contribution is 6.06. The molecule has 0 atom stereocenters. The molecule has 2 rings (SSSR count). The number of carbonyl (C=O) groups is 1. The Morgan fingerprint density at radius 3 is 2.58 bits per heavy atom. The fourth-order valence-electron chi connectivity index (χ4n) is 2.17. The third-order valence-electron chi connectivity index (χ3n) is 3.45. The zero-order chi connectivity index (χ0) is 17.4. The number of hydrogen-bond acceptors (Lipinski definition) is 4. The van der Waals surface area contributed by atoms with Gasteiger partial charge in [-0.25, -0.2) is 0 Å². The Balaban J connectivity index is 2.05. The van der Waals surface area contributed by atoms with Gasteiger partial charge in [-0.3, -0.25) is 4.79 Å². The average Bonchev–Trinajstić information content (AvgIpc) is 2.58. The SMILES string of the molecule is CCCCOc1cccc(C(=O)Nc2ccc(OCC)cc2N)c1. The molecule has 0 saturated heterocycles. The van der Waals surface area contributed by atoms with Gasteiger partial charge in [0.15, 0.2) is 0 Å². The van der Waals surface area contributed by atoms with E-state index in [2.05, 4.69) is 12.2 Å². The lowest BCUT2D eigenvalue weighted by molar-refractivity contribution is 0.102. The van der Waals surface area contributed by atoms with Gasteiger partial charge >= 0.3 is 0 Å². The molecule has 0 heterocycles. The molecule has 0 radical (unpaired) electrons. The molecule has 0 aromatic heterocycles. The van der Waals surface area contributed by atoms with Crippen LogP contribution >= 0.6 is 0 Å². The second-order valence-corrected chi connectivity index (χ2v) is 5.37. The highest BCUT2D eigenvalue weighted by Gasteiger charge is 2.10. The molecule has 0 aliphatic carbocycles. The average molecular weight is 328 g/mol. The number of rotatable bonds is 8. The minimum absolute atomic E-state index is 0.230. The summed E-state index contributed by atoms with van der Waals surface area (Å²) in [5.74, 6) is 1.14. The Kier molecular flexibility index (Phi) is 6.49. The predicted molar refractivity (Wildman–Crippen MR) is 96.8 cm³/mol. The minimum atomic E-state index is -0.230. The molecule has 24 heavy (non-hydrogen) atoms. The molecule has 0 unspecified atom stereocenters. The lowest BCUT2D eigenvalue weighted by Crippen LogP contribution is -2.13. The van der Waals surface area contributed by atoms with Crippen molar-refractivity contribution in [3.63, 3.8) is 0 Å². The lowest BCUT2D eigenvalue weighted by Gasteiger charge is -2.11. The second-order valence-electron chi connectivity index (χ2n) is 5.37. The number of nitrogens with one attached hydrogen (secondary N) is 1. The van der Waals surface area contributed by atoms with Crippen LogP contribution in [0.3, 0.4) is 0 Å². The van der Waals surface area contributed by atoms with E-state index < -0.39 is 0 Å². The summed E-state index contributed by atoms with van der Waals surface area (Å²) in [6.45, 7) is 5.22. The van der Waals surface area contributed by atoms with Gasteiger partial charge in [-0.2, -0.15) is 0 Å². The smallest absolute Gasteiger partial charge is 0.255 e. The summed E-state index contributed by atoms with van der Waals surface area (Å²) >= 11 is 0. The van der Waals surface area contributed by atoms with Crippen LogP contribution in [-0.2, 0) is 0 Å². The quantitative estimate of drug-likeness (QED) is 0.565. The maximum absolute atomic E-state index is 12.4. The van der Waals surface area contributed by atoms with E-state index in [4.69, 9.17) is 15.2 Å². The number of ether oxygens (including phenoxy) is 2. The maximum Gasteiger partial charge on any atom is 0.255 e. The zero-order valence-electron chi connectivity index (χ0n) is 14.2. The Hall–Kier alpha value is -2.69. The van der Waals surface area contributed by atoms with Crippen molar-refractivity contribution < 1.29 is 14.3 Å². The number of unbranched alkanes of at least 4 members (excludes halogenated alkanes) is 1. The topological polar surface area (TPSA) is 73.6 Å². The Morgan fingerprint density at radius 2 is 1.88 bits per heavy atom. The first kappa shape index (κ1) is 17.7. The fourth-order valence-corrected chi connectivity index (χ4v) is 2.17. The standard InChI is InChI=1S/C19H24N2O3/c1-3-5-11-24-15-8-6-7-14(12-15)19(22)21-18-10-9-16(23-4-2)13-17(18)20/h6-10,12-13H,3-5,11,20H2,1-2H3,(H,21,22). The number of nitrogen functional groups attached to an aromatic ring is 1. The van der Waals surface area contributed by atoms with Crippen LogP contribution in [-0.4, -0.2) is 19.1 Å². The first-order chi connectivity index (χ1) is 11.6. The van der Waals surface area contributed by atoms with Crippen molar-refractivity contribution in [2.45, 2.75) is 26.7 Å². The van der Waals surface area contributed by atoms with E-state index in [-0.39, 0.29) is 5.91 Å². The van der Waals surface area contributed by atoms with E-state index in [1.807, 2.05) is 13.0 Å². The maximum atomic E-state index is 12.4. The molecule has 0 bridgehead atoms. The third kappa shape index (κ3) is 4.91. The van der Waals surface area contributed by atoms with Gasteiger partial charge < -0.3 is 20.5 Å². The summed E-state index contributed by atoms with van der Waals surface area (Å²) in [7, 11) is 0. The number of benzene rings is 2. The van der Waals surface area contributed by atoms with Crippen molar-refractivity contribution in [1.29, 1.82) is 0 Å². The normalized spacial score (nSPS) is 10.2. The van der Waals surface area contributed by atoms with Gasteiger partial charge in [-0.05, 0) is 43.7 Å². The summed E-state index contributed by atoms with van der Waals surface area (Å²) in [5, 5.41) is 2.82. The van der Waals surface area contributed by atoms with E-state index in [0.717, 1.165) is 12.8 Å². The second kappa shape index (κ2) is 8.82. The van der Waals surface area contributed by atoms with Crippen molar-refractivity contribution in [2.75, 3.05) is 24.3 Å². The molecule has 128 valence electrons. The molecule has 2 aromatic rings. The van der Waals surface area contributed by atoms with E-state index in [0.29, 0.717) is 41.7 Å². The number of amides is 1. The summed E-state index contributed by atoms with van der Waals surface area (Å²) < 4.78 is 11.0. The molecule has 0 aliphatic rings. The molecule has 2 aromatic carbocycles. The van der Waals surface area contributed by atoms with Gasteiger partial charge in [0, 0.05) is 11.6 Å². The summed E-state index contributed by atoms with van der Waals surface area (Å²) in [6, 6.07) is 12.3. The number of nitrogens with two attached hydrogens (primary N) is 1. The lowest BCUT2D eigenvalue weighted by atomic mass is 10.2. The van der Waals surface area contributed by atoms with Gasteiger partial charge in [-0.1, -0.05) is 19.4 Å². The molecule has 0 fully saturated rings. The molecule has 3 N–H and O–H groups in total. The van der Waals surface area contributed by atoms with E-state index in [1.165, 1.54) is 0 Å². The number of hydrogen-bond donors (Lipinski definition) is 2. The van der Waals surface area contributed by atoms with Gasteiger partial charge in [-0.15, -0.1) is 0 Å². The third-order valence-corrected chi connectivity index (χ3v) is 3.45. The van der Waals surface area contributed by atoms with Crippen LogP contribution in [0.15, 0.2) is 42.5 Å². The van der Waals surface area contributed by atoms with Crippen LogP contribution in [0.5, 0.6) is 11.5 Å². The summed E-state index contributed by atoms with van der Waals surface area (Å²) in [6.07, 6.45) is 2.05. The van der Waals surface area contributed by atoms with Crippen LogP contribution in [0.1, 0.15) is 37.0 Å². The molecule has 0 aliphatic heterocycles. The Labute approximate surface area is 142 Å². The first-order valence-corrected chi connectivity index (χ1v) is 8.20. The zero-order valence-corrected chi connectivity index (χ0v) is 14.2. The predicted octanol–water partition coefficient (Wildman–Crippen LogP) is 4.10. The summed E-state index contributed by atoms with van der Waals surface area (Å²) in [5.41, 5.74) is 7.51. The van der Waals surface area contributed by atoms with Gasteiger partial charge in [0.2, 0.25) is 0 Å². The Morgan fingerprint density at radius 1 is 1.08 bits per heavy atom. The highest BCUT2D eigenvalue weighted by atomic mass is 16.5. The van der Waals surface area contributed by atoms with Crippen LogP contribution < -0.4 is 20.5 Å². The van der Waals surface area contributed by atoms with Crippen LogP contribution in [0.4, 0.5) is 11.4 Å².